The molecule has 4 aromatic rings. The minimum atomic E-state index is -4.46. The van der Waals surface area contributed by atoms with Crippen molar-refractivity contribution in [1.29, 1.82) is 0 Å². The van der Waals surface area contributed by atoms with Crippen LogP contribution in [0.2, 0.25) is 0 Å². The third-order valence-electron chi connectivity index (χ3n) is 6.61. The number of nitrogens with one attached hydrogen (secondary N) is 1. The van der Waals surface area contributed by atoms with Crippen molar-refractivity contribution in [2.75, 3.05) is 18.9 Å². The molecule has 12 heteroatoms. The van der Waals surface area contributed by atoms with E-state index in [9.17, 15) is 9.36 Å². The summed E-state index contributed by atoms with van der Waals surface area (Å²) in [4.78, 5) is 22.2. The Morgan fingerprint density at radius 2 is 1.84 bits per heavy atom. The van der Waals surface area contributed by atoms with Gasteiger partial charge in [0.05, 0.1) is 23.7 Å². The van der Waals surface area contributed by atoms with Crippen LogP contribution in [0.4, 0.5) is 5.82 Å². The number of pyridine rings is 1. The predicted molar refractivity (Wildman–Crippen MR) is 168 cm³/mol. The first-order valence-electron chi connectivity index (χ1n) is 16.0. The SMILES string of the molecule is [2H]C([2H])([2H])[C@H](N[P@@](=O)(OCC[C@H](CCC)n1c(COCC)nc2c(N)nc3ccccc3c21)Oc1ccccc1)C(=O)OC(C)C. The van der Waals surface area contributed by atoms with Gasteiger partial charge >= 0.3 is 13.7 Å². The molecule has 232 valence electrons. The number of aromatic nitrogens is 3. The Labute approximate surface area is 256 Å². The quantitative estimate of drug-likeness (QED) is 0.105. The number of nitrogen functional groups attached to an aromatic ring is 1. The van der Waals surface area contributed by atoms with Gasteiger partial charge in [0.1, 0.15) is 29.7 Å². The summed E-state index contributed by atoms with van der Waals surface area (Å²) < 4.78 is 62.7. The number of nitrogens with two attached hydrogens (primary N) is 1. The Hall–Kier alpha value is -3.50. The van der Waals surface area contributed by atoms with E-state index in [0.717, 1.165) is 22.8 Å². The van der Waals surface area contributed by atoms with Gasteiger partial charge in [0.25, 0.3) is 0 Å². The van der Waals surface area contributed by atoms with Crippen molar-refractivity contribution >= 4 is 41.5 Å². The van der Waals surface area contributed by atoms with Gasteiger partial charge in [0.2, 0.25) is 0 Å². The van der Waals surface area contributed by atoms with E-state index in [4.69, 9.17) is 33.4 Å². The molecule has 0 bridgehead atoms. The highest BCUT2D eigenvalue weighted by molar-refractivity contribution is 7.52. The largest absolute Gasteiger partial charge is 0.462 e. The number of ether oxygens (including phenoxy) is 2. The Kier molecular flexibility index (Phi) is 9.73. The van der Waals surface area contributed by atoms with Crippen molar-refractivity contribution in [3.05, 3.63) is 60.4 Å². The summed E-state index contributed by atoms with van der Waals surface area (Å²) in [5.41, 5.74) is 8.45. The smallest absolute Gasteiger partial charge is 0.459 e. The van der Waals surface area contributed by atoms with Gasteiger partial charge in [-0.15, -0.1) is 0 Å². The zero-order chi connectivity index (χ0) is 33.5. The van der Waals surface area contributed by atoms with Crippen LogP contribution in [0.25, 0.3) is 21.9 Å². The predicted octanol–water partition coefficient (Wildman–Crippen LogP) is 6.57. The molecule has 2 heterocycles. The number of hydrogen-bond donors (Lipinski definition) is 2. The lowest BCUT2D eigenvalue weighted by molar-refractivity contribution is -0.149. The molecule has 4 rings (SSSR count). The molecule has 0 radical (unpaired) electrons. The first-order valence-corrected chi connectivity index (χ1v) is 16.0. The second-order valence-electron chi connectivity index (χ2n) is 10.3. The molecule has 2 aromatic heterocycles. The third-order valence-corrected chi connectivity index (χ3v) is 8.15. The number of imidazole rings is 1. The van der Waals surface area contributed by atoms with Crippen LogP contribution >= 0.6 is 7.75 Å². The first kappa shape index (κ1) is 28.3. The Bertz CT molecular complexity index is 1670. The monoisotopic (exact) mass is 614 g/mol. The summed E-state index contributed by atoms with van der Waals surface area (Å²) in [6, 6.07) is 13.7. The Balaban J connectivity index is 1.70. The highest BCUT2D eigenvalue weighted by Gasteiger charge is 2.33. The molecule has 0 spiro atoms. The molecule has 0 amide bonds. The van der Waals surface area contributed by atoms with Crippen LogP contribution < -0.4 is 15.3 Å². The number of fused-ring (bicyclic) bond motifs is 3. The van der Waals surface area contributed by atoms with E-state index < -0.39 is 32.7 Å². The van der Waals surface area contributed by atoms with Crippen LogP contribution in [0.15, 0.2) is 54.6 Å². The number of benzene rings is 2. The van der Waals surface area contributed by atoms with Crippen molar-refractivity contribution < 1.29 is 32.0 Å². The molecule has 2 aromatic carbocycles. The van der Waals surface area contributed by atoms with Gasteiger partial charge < -0.3 is 24.3 Å². The lowest BCUT2D eigenvalue weighted by atomic mass is 10.1. The van der Waals surface area contributed by atoms with Crippen molar-refractivity contribution in [2.45, 2.75) is 78.6 Å². The zero-order valence-electron chi connectivity index (χ0n) is 28.0. The number of esters is 1. The van der Waals surface area contributed by atoms with E-state index in [-0.39, 0.29) is 25.0 Å². The minimum Gasteiger partial charge on any atom is -0.462 e. The number of hydrogen-bond acceptors (Lipinski definition) is 9. The first-order chi connectivity index (χ1) is 21.9. The maximum absolute atomic E-state index is 14.2. The van der Waals surface area contributed by atoms with E-state index in [0.29, 0.717) is 36.6 Å². The van der Waals surface area contributed by atoms with Crippen molar-refractivity contribution in [1.82, 2.24) is 19.6 Å². The van der Waals surface area contributed by atoms with Crippen LogP contribution in [0.1, 0.15) is 69.8 Å². The molecule has 43 heavy (non-hydrogen) atoms. The second kappa shape index (κ2) is 14.8. The summed E-state index contributed by atoms with van der Waals surface area (Å²) in [7, 11) is -4.46. The molecule has 0 saturated heterocycles. The molecule has 0 fully saturated rings. The average Bonchev–Trinajstić information content (AvgIpc) is 3.38. The molecule has 0 saturated carbocycles. The highest BCUT2D eigenvalue weighted by Crippen LogP contribution is 2.45. The molecule has 0 aliphatic heterocycles. The van der Waals surface area contributed by atoms with E-state index >= 15 is 0 Å². The fourth-order valence-corrected chi connectivity index (χ4v) is 6.17. The van der Waals surface area contributed by atoms with E-state index in [1.165, 1.54) is 0 Å². The van der Waals surface area contributed by atoms with Gasteiger partial charge in [0.15, 0.2) is 5.82 Å². The minimum absolute atomic E-state index is 0.124. The fourth-order valence-electron chi connectivity index (χ4n) is 4.82. The highest BCUT2D eigenvalue weighted by atomic mass is 31.2. The maximum Gasteiger partial charge on any atom is 0.459 e. The molecule has 0 aliphatic carbocycles. The van der Waals surface area contributed by atoms with Crippen LogP contribution in [-0.4, -0.2) is 45.9 Å². The van der Waals surface area contributed by atoms with Crippen LogP contribution in [0.5, 0.6) is 5.75 Å². The Morgan fingerprint density at radius 1 is 1.09 bits per heavy atom. The molecular weight excluding hydrogens is 569 g/mol. The molecule has 11 nitrogen and oxygen atoms in total. The summed E-state index contributed by atoms with van der Waals surface area (Å²) in [5, 5.41) is 3.24. The normalized spacial score (nSPS) is 15.9. The van der Waals surface area contributed by atoms with Gasteiger partial charge in [-0.2, -0.15) is 5.09 Å². The lowest BCUT2D eigenvalue weighted by Gasteiger charge is -2.25. The van der Waals surface area contributed by atoms with Gasteiger partial charge in [-0.25, -0.2) is 14.5 Å². The van der Waals surface area contributed by atoms with Gasteiger partial charge in [-0.3, -0.25) is 9.32 Å². The number of nitrogens with zero attached hydrogens (tertiary/aromatic N) is 3. The molecule has 3 N–H and O–H groups in total. The molecule has 0 aliphatic rings. The van der Waals surface area contributed by atoms with E-state index in [2.05, 4.69) is 21.6 Å². The van der Waals surface area contributed by atoms with Gasteiger partial charge in [-0.05, 0) is 58.7 Å². The van der Waals surface area contributed by atoms with Crippen molar-refractivity contribution in [2.24, 2.45) is 0 Å². The average molecular weight is 615 g/mol. The summed E-state index contributed by atoms with van der Waals surface area (Å²) in [5.74, 6) is 0.0217. The Morgan fingerprint density at radius 3 is 2.53 bits per heavy atom. The van der Waals surface area contributed by atoms with E-state index in [1.807, 2.05) is 31.2 Å². The third kappa shape index (κ3) is 8.12. The molecule has 0 unspecified atom stereocenters. The number of carbonyl (C=O) groups is 1. The van der Waals surface area contributed by atoms with Crippen LogP contribution in [0, 0.1) is 0 Å². The lowest BCUT2D eigenvalue weighted by Crippen LogP contribution is -2.36. The number of anilines is 1. The van der Waals surface area contributed by atoms with Crippen LogP contribution in [-0.2, 0) is 30.0 Å². The van der Waals surface area contributed by atoms with Crippen molar-refractivity contribution in [3.8, 4) is 5.75 Å². The van der Waals surface area contributed by atoms with Crippen LogP contribution in [0.3, 0.4) is 0 Å². The topological polar surface area (TPSA) is 140 Å². The maximum atomic E-state index is 14.2. The summed E-state index contributed by atoms with van der Waals surface area (Å²) in [6.45, 7) is 4.81. The molecule has 3 atom stereocenters. The molecular formula is C31H42N5O6P. The number of rotatable bonds is 16. The fraction of sp³-hybridized carbons (Fsp3) is 0.452. The standard InChI is InChI=1S/C31H42N5O6P/c1-6-13-23(36-27(20-39-7-2)34-28-29(36)25-16-11-12-17-26(25)33-30(28)32)18-19-40-43(38,42-24-14-9-8-10-15-24)35-22(5)31(37)41-21(3)4/h8-12,14-17,21-23H,6-7,13,18-20H2,1-5H3,(H2,32,33)(H,35,38)/t22-,23-,43+/m0/s1/i5D3. The van der Waals surface area contributed by atoms with Gasteiger partial charge in [-0.1, -0.05) is 49.7 Å². The van der Waals surface area contributed by atoms with Crippen molar-refractivity contribution in [3.63, 3.8) is 0 Å². The summed E-state index contributed by atoms with van der Waals surface area (Å²) >= 11 is 0. The summed E-state index contributed by atoms with van der Waals surface area (Å²) in [6.07, 6.45) is 1.23. The number of para-hydroxylation sites is 2. The number of carbonyl (C=O) groups excluding carboxylic acids is 1. The van der Waals surface area contributed by atoms with E-state index in [1.54, 1.807) is 44.2 Å². The zero-order valence-corrected chi connectivity index (χ0v) is 25.9. The van der Waals surface area contributed by atoms with Gasteiger partial charge in [0, 0.05) is 22.1 Å². The second-order valence-corrected chi connectivity index (χ2v) is 12.0.